The molecular weight excluding hydrogens is 729 g/mol. The molecule has 9 rings (SSSR count). The number of ether oxygens (including phenoxy) is 4. The Kier molecular flexibility index (Phi) is 9.19. The van der Waals surface area contributed by atoms with Crippen LogP contribution in [0.4, 0.5) is 5.82 Å². The van der Waals surface area contributed by atoms with Crippen molar-refractivity contribution < 1.29 is 23.7 Å². The van der Waals surface area contributed by atoms with Crippen LogP contribution in [0.1, 0.15) is 21.9 Å². The highest BCUT2D eigenvalue weighted by atomic mass is 16.5. The maximum absolute atomic E-state index is 14.5. The number of aromatic nitrogens is 4. The average Bonchev–Trinajstić information content (AvgIpc) is 4.10. The van der Waals surface area contributed by atoms with Gasteiger partial charge in [-0.2, -0.15) is 0 Å². The monoisotopic (exact) mass is 766 g/mol. The Morgan fingerprint density at radius 1 is 0.448 bits per heavy atom. The van der Waals surface area contributed by atoms with Gasteiger partial charge in [-0.05, 0) is 107 Å². The molecule has 0 aliphatic carbocycles. The van der Waals surface area contributed by atoms with Crippen LogP contribution in [0.5, 0.6) is 23.0 Å². The molecular formula is C47H38N6O5. The van der Waals surface area contributed by atoms with Crippen LogP contribution in [0.3, 0.4) is 0 Å². The topological polar surface area (TPSA) is 141 Å². The molecule has 0 atom stereocenters. The molecule has 286 valence electrons. The number of methoxy groups -OCH3 is 4. The third-order valence-corrected chi connectivity index (χ3v) is 10.4. The van der Waals surface area contributed by atoms with E-state index < -0.39 is 5.91 Å². The number of fused-ring (bicyclic) bond motifs is 8. The zero-order valence-corrected chi connectivity index (χ0v) is 32.2. The van der Waals surface area contributed by atoms with E-state index in [1.165, 1.54) is 0 Å². The first-order chi connectivity index (χ1) is 28.4. The molecule has 2 aliphatic heterocycles. The van der Waals surface area contributed by atoms with Crippen LogP contribution in [-0.2, 0) is 0 Å². The van der Waals surface area contributed by atoms with Crippen LogP contribution >= 0.6 is 0 Å². The SMILES string of the molecule is COc1ccc(-c2c3nc(c(-c4ccc(OC)cc4)c4ccc([nH]4)c(-c4ccc(OC)cc4)c4nc(c(-c5ccc(OC)cc5)c5ccc2[nH]5)C(=O)N4N)C=C3)cc1. The summed E-state index contributed by atoms with van der Waals surface area (Å²) in [5, 5.41) is 1.12. The van der Waals surface area contributed by atoms with Gasteiger partial charge in [-0.1, -0.05) is 48.5 Å². The minimum Gasteiger partial charge on any atom is -0.497 e. The smallest absolute Gasteiger partial charge is 0.293 e. The molecule has 58 heavy (non-hydrogen) atoms. The third-order valence-electron chi connectivity index (χ3n) is 10.4. The molecule has 7 aromatic rings. The number of carbonyl (C=O) groups excluding carboxylic acids is 1. The van der Waals surface area contributed by atoms with Gasteiger partial charge in [0.2, 0.25) is 0 Å². The number of aromatic amines is 2. The number of rotatable bonds is 8. The van der Waals surface area contributed by atoms with E-state index in [0.29, 0.717) is 33.7 Å². The summed E-state index contributed by atoms with van der Waals surface area (Å²) in [6.07, 6.45) is 4.06. The number of benzene rings is 4. The van der Waals surface area contributed by atoms with Crippen LogP contribution in [0.25, 0.3) is 78.7 Å². The van der Waals surface area contributed by atoms with E-state index in [2.05, 4.69) is 9.97 Å². The van der Waals surface area contributed by atoms with Crippen molar-refractivity contribution >= 4 is 45.9 Å². The number of nitrogens with one attached hydrogen (secondary N) is 2. The Morgan fingerprint density at radius 3 is 1.16 bits per heavy atom. The second-order valence-electron chi connectivity index (χ2n) is 13.7. The minimum atomic E-state index is -0.467. The van der Waals surface area contributed by atoms with Crippen LogP contribution in [-0.4, -0.2) is 54.3 Å². The Hall–Kier alpha value is -7.63. The van der Waals surface area contributed by atoms with Gasteiger partial charge in [0.25, 0.3) is 5.91 Å². The van der Waals surface area contributed by atoms with Crippen molar-refractivity contribution in [2.24, 2.45) is 5.84 Å². The van der Waals surface area contributed by atoms with E-state index in [1.807, 2.05) is 133 Å². The summed E-state index contributed by atoms with van der Waals surface area (Å²) in [4.78, 5) is 32.3. The fourth-order valence-corrected chi connectivity index (χ4v) is 7.51. The number of hydrogen-bond acceptors (Lipinski definition) is 8. The largest absolute Gasteiger partial charge is 0.497 e. The highest BCUT2D eigenvalue weighted by molar-refractivity contribution is 6.15. The second kappa shape index (κ2) is 14.8. The molecule has 4 N–H and O–H groups in total. The molecule has 3 aromatic heterocycles. The molecule has 0 saturated heterocycles. The van der Waals surface area contributed by atoms with Crippen molar-refractivity contribution in [3.63, 3.8) is 0 Å². The summed E-state index contributed by atoms with van der Waals surface area (Å²) in [7, 11) is 6.53. The van der Waals surface area contributed by atoms with Gasteiger partial charge >= 0.3 is 0 Å². The molecule has 8 bridgehead atoms. The van der Waals surface area contributed by atoms with Gasteiger partial charge in [0, 0.05) is 38.8 Å². The first-order valence-electron chi connectivity index (χ1n) is 18.5. The number of hydrazine groups is 1. The number of H-pyrrole nitrogens is 2. The Balaban J connectivity index is 1.47. The predicted octanol–water partition coefficient (Wildman–Crippen LogP) is 9.71. The Morgan fingerprint density at radius 2 is 0.776 bits per heavy atom. The van der Waals surface area contributed by atoms with Crippen LogP contribution < -0.4 is 29.8 Å². The second-order valence-corrected chi connectivity index (χ2v) is 13.7. The van der Waals surface area contributed by atoms with Gasteiger partial charge in [0.05, 0.1) is 45.3 Å². The standard InChI is InChI=1S/C47H38N6O5/c1-55-31-13-5-27(6-14-31)41-35-21-22-36(49-35)42(28-7-15-32(56-2)16-8-28)38-24-26-40(51-38)44(30-11-19-34(58-4)20-12-30)46-52-45(47(54)53(46)48)43(39-25-23-37(41)50-39)29-9-17-33(57-3)18-10-29/h5-26,50-51H,48H2,1-4H3. The van der Waals surface area contributed by atoms with E-state index in [4.69, 9.17) is 34.8 Å². The Bertz CT molecular complexity index is 2900. The van der Waals surface area contributed by atoms with E-state index >= 15 is 0 Å². The fourth-order valence-electron chi connectivity index (χ4n) is 7.51. The minimum absolute atomic E-state index is 0.172. The number of hydrogen-bond donors (Lipinski definition) is 3. The molecule has 0 saturated carbocycles. The first kappa shape index (κ1) is 36.0. The lowest BCUT2D eigenvalue weighted by atomic mass is 10.0. The van der Waals surface area contributed by atoms with E-state index in [9.17, 15) is 4.79 Å². The van der Waals surface area contributed by atoms with Gasteiger partial charge < -0.3 is 28.9 Å². The third kappa shape index (κ3) is 6.29. The van der Waals surface area contributed by atoms with Crippen LogP contribution in [0.2, 0.25) is 0 Å². The van der Waals surface area contributed by atoms with E-state index in [-0.39, 0.29) is 11.5 Å². The molecule has 1 amide bonds. The molecule has 0 unspecified atom stereocenters. The highest BCUT2D eigenvalue weighted by Crippen LogP contribution is 2.41. The summed E-state index contributed by atoms with van der Waals surface area (Å²) in [5.41, 5.74) is 10.8. The Labute approximate surface area is 334 Å². The van der Waals surface area contributed by atoms with E-state index in [1.54, 1.807) is 28.4 Å². The number of nitrogens with two attached hydrogens (primary N) is 1. The van der Waals surface area contributed by atoms with Crippen molar-refractivity contribution in [3.8, 4) is 67.5 Å². The van der Waals surface area contributed by atoms with Crippen LogP contribution in [0.15, 0.2) is 121 Å². The normalized spacial score (nSPS) is 12.2. The van der Waals surface area contributed by atoms with Crippen molar-refractivity contribution in [2.75, 3.05) is 33.4 Å². The number of anilines is 1. The predicted molar refractivity (Wildman–Crippen MR) is 229 cm³/mol. The van der Waals surface area contributed by atoms with Gasteiger partial charge in [-0.25, -0.2) is 20.8 Å². The quantitative estimate of drug-likeness (QED) is 0.103. The number of carbonyl (C=O) groups is 1. The molecule has 0 fully saturated rings. The number of amides is 1. The van der Waals surface area contributed by atoms with Gasteiger partial charge in [-0.15, -0.1) is 0 Å². The maximum Gasteiger partial charge on any atom is 0.293 e. The van der Waals surface area contributed by atoms with Crippen molar-refractivity contribution in [1.82, 2.24) is 19.9 Å². The van der Waals surface area contributed by atoms with Crippen molar-refractivity contribution in [3.05, 3.63) is 138 Å². The molecule has 2 aliphatic rings. The molecule has 0 radical (unpaired) electrons. The number of nitrogens with zero attached hydrogens (tertiary/aromatic N) is 3. The molecule has 11 heteroatoms. The summed E-state index contributed by atoms with van der Waals surface area (Å²) in [6, 6.07) is 38.8. The molecule has 11 nitrogen and oxygen atoms in total. The van der Waals surface area contributed by atoms with Gasteiger partial charge in [-0.3, -0.25) is 4.79 Å². The fraction of sp³-hybridized carbons (Fsp3) is 0.0851. The zero-order valence-electron chi connectivity index (χ0n) is 32.2. The van der Waals surface area contributed by atoms with Gasteiger partial charge in [0.1, 0.15) is 28.7 Å². The van der Waals surface area contributed by atoms with Gasteiger partial charge in [0.15, 0.2) is 5.82 Å². The molecule has 5 heterocycles. The molecule has 0 spiro atoms. The average molecular weight is 767 g/mol. The summed E-state index contributed by atoms with van der Waals surface area (Å²) in [5.74, 6) is 9.40. The molecule has 4 aromatic carbocycles. The van der Waals surface area contributed by atoms with E-state index in [0.717, 1.165) is 72.3 Å². The lowest BCUT2D eigenvalue weighted by molar-refractivity contribution is 0.0992. The van der Waals surface area contributed by atoms with Crippen LogP contribution in [0, 0.1) is 0 Å². The van der Waals surface area contributed by atoms with Crippen molar-refractivity contribution in [1.29, 1.82) is 0 Å². The maximum atomic E-state index is 14.5. The summed E-state index contributed by atoms with van der Waals surface area (Å²) < 4.78 is 22.0. The summed E-state index contributed by atoms with van der Waals surface area (Å²) in [6.45, 7) is 0. The van der Waals surface area contributed by atoms with Crippen molar-refractivity contribution in [2.45, 2.75) is 0 Å². The zero-order chi connectivity index (χ0) is 39.9. The lowest BCUT2D eigenvalue weighted by Crippen LogP contribution is -2.34. The summed E-state index contributed by atoms with van der Waals surface area (Å²) >= 11 is 0. The first-order valence-corrected chi connectivity index (χ1v) is 18.5. The lowest BCUT2D eigenvalue weighted by Gasteiger charge is -2.13. The highest BCUT2D eigenvalue weighted by Gasteiger charge is 2.31.